The van der Waals surface area contributed by atoms with E-state index < -0.39 is 155 Å². The molecule has 280 valence electrons. The summed E-state index contributed by atoms with van der Waals surface area (Å²) in [5.74, 6) is -0.755. The van der Waals surface area contributed by atoms with Crippen LogP contribution in [-0.2, 0) is 38.0 Å². The minimum absolute atomic E-state index is 0.755. The van der Waals surface area contributed by atoms with E-state index in [9.17, 15) is 71.2 Å². The summed E-state index contributed by atoms with van der Waals surface area (Å²) in [6.45, 7) is -2.37. The number of hydrogen-bond acceptors (Lipinski definition) is 21. The molecule has 0 aromatic rings. The van der Waals surface area contributed by atoms with Crippen molar-refractivity contribution in [1.29, 1.82) is 0 Å². The van der Waals surface area contributed by atoms with Crippen LogP contribution in [0, 0.1) is 0 Å². The first-order chi connectivity index (χ1) is 22.7. The van der Waals surface area contributed by atoms with Crippen LogP contribution in [0.3, 0.4) is 0 Å². The lowest BCUT2D eigenvalue weighted by atomic mass is 9.94. The van der Waals surface area contributed by atoms with Crippen LogP contribution in [0.5, 0.6) is 0 Å². The molecule has 4 heterocycles. The molecule has 14 N–H and O–H groups in total. The van der Waals surface area contributed by atoms with E-state index in [4.69, 9.17) is 33.2 Å². The Morgan fingerprint density at radius 2 is 0.958 bits per heavy atom. The second-order valence-corrected chi connectivity index (χ2v) is 11.9. The van der Waals surface area contributed by atoms with Crippen molar-refractivity contribution in [1.82, 2.24) is 5.32 Å². The van der Waals surface area contributed by atoms with Gasteiger partial charge in [0.05, 0.1) is 26.4 Å². The predicted molar refractivity (Wildman–Crippen MR) is 145 cm³/mol. The quantitative estimate of drug-likeness (QED) is 0.0947. The summed E-state index contributed by atoms with van der Waals surface area (Å²) in [6, 6.07) is -1.61. The van der Waals surface area contributed by atoms with Gasteiger partial charge in [0.15, 0.2) is 25.2 Å². The van der Waals surface area contributed by atoms with Gasteiger partial charge in [-0.2, -0.15) is 0 Å². The molecule has 1 amide bonds. The van der Waals surface area contributed by atoms with Crippen LogP contribution in [-0.4, -0.2) is 221 Å². The summed E-state index contributed by atoms with van der Waals surface area (Å²) in [7, 11) is 0. The second-order valence-electron chi connectivity index (χ2n) is 11.9. The number of amides is 1. The number of carbonyl (C=O) groups excluding carboxylic acids is 1. The molecule has 0 unspecified atom stereocenters. The van der Waals surface area contributed by atoms with Crippen LogP contribution >= 0.6 is 0 Å². The molecule has 20 atom stereocenters. The molecule has 48 heavy (non-hydrogen) atoms. The number of nitrogens with one attached hydrogen (secondary N) is 1. The molecule has 4 fully saturated rings. The maximum atomic E-state index is 12.2. The van der Waals surface area contributed by atoms with Crippen molar-refractivity contribution in [2.45, 2.75) is 130 Å². The van der Waals surface area contributed by atoms with Crippen molar-refractivity contribution < 1.29 is 104 Å². The van der Waals surface area contributed by atoms with Crippen LogP contribution in [0.15, 0.2) is 0 Å². The summed E-state index contributed by atoms with van der Waals surface area (Å²) < 4.78 is 38.5. The van der Waals surface area contributed by atoms with E-state index in [1.165, 1.54) is 0 Å². The van der Waals surface area contributed by atoms with Crippen molar-refractivity contribution in [2.24, 2.45) is 0 Å². The van der Waals surface area contributed by atoms with Crippen molar-refractivity contribution in [2.75, 3.05) is 26.4 Å². The van der Waals surface area contributed by atoms with Gasteiger partial charge in [0, 0.05) is 6.92 Å². The maximum absolute atomic E-state index is 12.2. The molecule has 0 bridgehead atoms. The lowest BCUT2D eigenvalue weighted by molar-refractivity contribution is -0.380. The molecule has 4 rings (SSSR count). The van der Waals surface area contributed by atoms with Crippen LogP contribution in [0.4, 0.5) is 0 Å². The van der Waals surface area contributed by atoms with Gasteiger partial charge in [-0.1, -0.05) is 0 Å². The van der Waals surface area contributed by atoms with Crippen LogP contribution in [0.2, 0.25) is 0 Å². The summed E-state index contributed by atoms with van der Waals surface area (Å²) >= 11 is 0. The third kappa shape index (κ3) is 8.08. The average molecular weight is 708 g/mol. The molecule has 0 aromatic heterocycles. The monoisotopic (exact) mass is 707 g/mol. The minimum atomic E-state index is -2.02. The molecule has 22 nitrogen and oxygen atoms in total. The van der Waals surface area contributed by atoms with Crippen LogP contribution in [0.25, 0.3) is 0 Å². The van der Waals surface area contributed by atoms with Crippen molar-refractivity contribution >= 4 is 5.91 Å². The number of aliphatic hydroxyl groups is 13. The highest BCUT2D eigenvalue weighted by atomic mass is 16.8. The third-order valence-corrected chi connectivity index (χ3v) is 8.61. The van der Waals surface area contributed by atoms with Gasteiger partial charge < -0.3 is 105 Å². The van der Waals surface area contributed by atoms with E-state index >= 15 is 0 Å². The summed E-state index contributed by atoms with van der Waals surface area (Å²) in [4.78, 5) is 12.2. The zero-order valence-electron chi connectivity index (χ0n) is 25.5. The Hall–Kier alpha value is -1.33. The van der Waals surface area contributed by atoms with Gasteiger partial charge in [0.1, 0.15) is 97.6 Å². The van der Waals surface area contributed by atoms with E-state index in [2.05, 4.69) is 5.32 Å². The summed E-state index contributed by atoms with van der Waals surface area (Å²) in [5, 5.41) is 136. The predicted octanol–water partition coefficient (Wildman–Crippen LogP) is -9.61. The average Bonchev–Trinajstić information content (AvgIpc) is 3.06. The first-order valence-corrected chi connectivity index (χ1v) is 15.1. The van der Waals surface area contributed by atoms with Gasteiger partial charge in [-0.25, -0.2) is 0 Å². The fraction of sp³-hybridized carbons (Fsp3) is 0.962. The topological polar surface area (TPSA) is 357 Å². The van der Waals surface area contributed by atoms with E-state index in [-0.39, 0.29) is 0 Å². The molecular formula is C26H45NO21. The highest BCUT2D eigenvalue weighted by Gasteiger charge is 2.55. The van der Waals surface area contributed by atoms with Gasteiger partial charge >= 0.3 is 0 Å². The van der Waals surface area contributed by atoms with Crippen LogP contribution < -0.4 is 5.32 Å². The normalized spacial score (nSPS) is 50.2. The number of hydrogen-bond donors (Lipinski definition) is 14. The molecule has 4 aliphatic rings. The molecular weight excluding hydrogens is 662 g/mol. The Bertz CT molecular complexity index is 1030. The smallest absolute Gasteiger partial charge is 0.217 e. The zero-order valence-corrected chi connectivity index (χ0v) is 25.5. The largest absolute Gasteiger partial charge is 0.394 e. The molecule has 0 aromatic carbocycles. The lowest BCUT2D eigenvalue weighted by Crippen LogP contribution is -2.69. The van der Waals surface area contributed by atoms with Crippen molar-refractivity contribution in [3.63, 3.8) is 0 Å². The van der Waals surface area contributed by atoms with Crippen molar-refractivity contribution in [3.05, 3.63) is 0 Å². The molecule has 4 aliphatic heterocycles. The summed E-state index contributed by atoms with van der Waals surface area (Å²) in [5.41, 5.74) is 0. The van der Waals surface area contributed by atoms with E-state index in [1.807, 2.05) is 0 Å². The van der Waals surface area contributed by atoms with E-state index in [0.29, 0.717) is 0 Å². The number of carbonyl (C=O) groups is 1. The number of aliphatic hydroxyl groups excluding tert-OH is 13. The van der Waals surface area contributed by atoms with Gasteiger partial charge in [-0.3, -0.25) is 4.79 Å². The fourth-order valence-electron chi connectivity index (χ4n) is 5.95. The Kier molecular flexibility index (Phi) is 13.8. The molecule has 0 radical (unpaired) electrons. The first-order valence-electron chi connectivity index (χ1n) is 15.1. The minimum Gasteiger partial charge on any atom is -0.394 e. The van der Waals surface area contributed by atoms with Gasteiger partial charge in [-0.15, -0.1) is 0 Å². The number of rotatable bonds is 11. The fourth-order valence-corrected chi connectivity index (χ4v) is 5.95. The maximum Gasteiger partial charge on any atom is 0.217 e. The van der Waals surface area contributed by atoms with Gasteiger partial charge in [-0.05, 0) is 0 Å². The molecule has 0 spiro atoms. The Labute approximate surface area is 272 Å². The van der Waals surface area contributed by atoms with E-state index in [1.54, 1.807) is 0 Å². The first kappa shape index (κ1) is 39.5. The Morgan fingerprint density at radius 3 is 1.50 bits per heavy atom. The SMILES string of the molecule is CC(=O)N[C@@H]1[C@H](O[C@H]2[C@@H](O)[C@@H](CO)O[C@@H](O[C@H]3[C@H](O)[C@@H](O)[C@@H](O)O[C@@H]3CO)[C@@H]2O)O[C@H](CO)[C@@H](O[C@@H]2O[C@H](CO)[C@H](O)[C@H](O)[C@H]2O)[C@@H]1O. The Balaban J connectivity index is 1.56. The molecule has 22 heteroatoms. The highest BCUT2D eigenvalue weighted by Crippen LogP contribution is 2.34. The van der Waals surface area contributed by atoms with Crippen LogP contribution in [0.1, 0.15) is 6.92 Å². The highest BCUT2D eigenvalue weighted by molar-refractivity contribution is 5.73. The third-order valence-electron chi connectivity index (χ3n) is 8.61. The van der Waals surface area contributed by atoms with Crippen molar-refractivity contribution in [3.8, 4) is 0 Å². The van der Waals surface area contributed by atoms with Gasteiger partial charge in [0.2, 0.25) is 5.91 Å². The Morgan fingerprint density at radius 1 is 0.500 bits per heavy atom. The summed E-state index contributed by atoms with van der Waals surface area (Å²) in [6.07, 6.45) is -33.5. The standard InChI is InChI=1S/C26H45NO21/c1-6(32)27-11-14(35)20(46-25-18(39)15(36)12(33)7(2-28)43-25)10(5-31)45-24(11)48-22-13(34)8(3-29)44-26(19(22)40)47-21-9(4-30)42-23(41)17(38)16(21)37/h7-26,28-31,33-41H,2-5H2,1H3,(H,27,32)/t7-,8-,9-,10-,11+,12+,13+,14-,15+,16-,17-,18-,19-,20-,21-,22+,23+,24+,25+,26+/m1/s1. The van der Waals surface area contributed by atoms with Gasteiger partial charge in [0.25, 0.3) is 0 Å². The molecule has 0 saturated carbocycles. The van der Waals surface area contributed by atoms with E-state index in [0.717, 1.165) is 6.92 Å². The second kappa shape index (κ2) is 16.8. The molecule has 4 saturated heterocycles. The lowest BCUT2D eigenvalue weighted by Gasteiger charge is -2.49. The number of ether oxygens (including phenoxy) is 7. The zero-order chi connectivity index (χ0) is 35.6. The molecule has 0 aliphatic carbocycles.